The lowest BCUT2D eigenvalue weighted by Gasteiger charge is -2.14. The molecule has 212 valence electrons. The van der Waals surface area contributed by atoms with Crippen LogP contribution in [0.15, 0.2) is 11.1 Å². The lowest BCUT2D eigenvalue weighted by atomic mass is 9.92. The first-order chi connectivity index (χ1) is 16.8. The Morgan fingerprint density at radius 1 is 0.528 bits per heavy atom. The summed E-state index contributed by atoms with van der Waals surface area (Å²) >= 11 is 0. The minimum absolute atomic E-state index is 0.147. The third-order valence-electron chi connectivity index (χ3n) is 5.57. The molecule has 0 aliphatic rings. The topological polar surface area (TPSA) is 161 Å². The number of carboxylic acids is 2. The van der Waals surface area contributed by atoms with Crippen molar-refractivity contribution in [3.63, 3.8) is 0 Å². The molecule has 2 N–H and O–H groups in total. The summed E-state index contributed by atoms with van der Waals surface area (Å²) in [6.07, 6.45) is 12.9. The summed E-state index contributed by atoms with van der Waals surface area (Å²) in [6, 6.07) is 0. The molecular weight excluding hydrogens is 512 g/mol. The summed E-state index contributed by atoms with van der Waals surface area (Å²) in [7, 11) is -6.80. The molecule has 0 aromatic rings. The van der Waals surface area contributed by atoms with Crippen molar-refractivity contribution in [1.29, 1.82) is 0 Å². The van der Waals surface area contributed by atoms with Crippen molar-refractivity contribution in [2.45, 2.75) is 103 Å². The molecule has 0 rings (SSSR count). The van der Waals surface area contributed by atoms with Crippen molar-refractivity contribution in [1.82, 2.24) is 0 Å². The Kier molecular flexibility index (Phi) is 18.8. The molecule has 10 nitrogen and oxygen atoms in total. The van der Waals surface area contributed by atoms with Crippen molar-refractivity contribution < 1.29 is 45.0 Å². The third-order valence-corrected chi connectivity index (χ3v) is 6.76. The normalized spacial score (nSPS) is 12.9. The van der Waals surface area contributed by atoms with Gasteiger partial charge in [-0.15, -0.1) is 0 Å². The van der Waals surface area contributed by atoms with Crippen LogP contribution >= 0.6 is 0 Å². The van der Waals surface area contributed by atoms with Gasteiger partial charge in [-0.1, -0.05) is 62.5 Å². The summed E-state index contributed by atoms with van der Waals surface area (Å²) in [5.74, 6) is -1.93. The van der Waals surface area contributed by atoms with Crippen molar-refractivity contribution in [3.05, 3.63) is 11.1 Å². The molecule has 0 radical (unpaired) electrons. The van der Waals surface area contributed by atoms with Crippen molar-refractivity contribution in [2.24, 2.45) is 0 Å². The average Bonchev–Trinajstić information content (AvgIpc) is 2.73. The van der Waals surface area contributed by atoms with Crippen LogP contribution in [0.3, 0.4) is 0 Å². The highest BCUT2D eigenvalue weighted by Crippen LogP contribution is 2.25. The summed E-state index contributed by atoms with van der Waals surface area (Å²) in [4.78, 5) is 22.8. The number of rotatable bonds is 24. The van der Waals surface area contributed by atoms with Gasteiger partial charge >= 0.3 is 11.9 Å². The molecule has 0 aromatic heterocycles. The first-order valence-corrected chi connectivity index (χ1v) is 16.3. The molecule has 36 heavy (non-hydrogen) atoms. The average molecular weight is 557 g/mol. The molecule has 0 saturated heterocycles. The van der Waals surface area contributed by atoms with Crippen LogP contribution in [0.25, 0.3) is 0 Å². The molecule has 12 heteroatoms. The minimum atomic E-state index is -3.40. The van der Waals surface area contributed by atoms with Gasteiger partial charge in [0.1, 0.15) is 0 Å². The van der Waals surface area contributed by atoms with Gasteiger partial charge in [-0.25, -0.2) is 0 Å². The molecule has 0 saturated carbocycles. The lowest BCUT2D eigenvalue weighted by Crippen LogP contribution is -2.06. The smallest absolute Gasteiger partial charge is 0.307 e. The Bertz CT molecular complexity index is 805. The van der Waals surface area contributed by atoms with Gasteiger partial charge in [0.2, 0.25) is 0 Å². The molecule has 0 aromatic carbocycles. The Labute approximate surface area is 216 Å². The second-order valence-electron chi connectivity index (χ2n) is 9.14. The highest BCUT2D eigenvalue weighted by molar-refractivity contribution is 7.86. The zero-order valence-electron chi connectivity index (χ0n) is 21.7. The molecule has 0 fully saturated rings. The maximum atomic E-state index is 11.4. The Morgan fingerprint density at radius 2 is 0.806 bits per heavy atom. The van der Waals surface area contributed by atoms with E-state index in [2.05, 4.69) is 0 Å². The lowest BCUT2D eigenvalue weighted by molar-refractivity contribution is -0.137. The van der Waals surface area contributed by atoms with E-state index in [4.69, 9.17) is 8.37 Å². The molecule has 0 aliphatic carbocycles. The number of hydrogen-bond acceptors (Lipinski definition) is 8. The first-order valence-electron chi connectivity index (χ1n) is 12.6. The number of hydrogen-bond donors (Lipinski definition) is 2. The van der Waals surface area contributed by atoms with Crippen LogP contribution in [0.1, 0.15) is 103 Å². The quantitative estimate of drug-likeness (QED) is 0.0972. The molecular formula is C24H44O10S2. The largest absolute Gasteiger partial charge is 0.481 e. The Hall–Kier alpha value is -1.50. The Morgan fingerprint density at radius 3 is 1.08 bits per heavy atom. The second kappa shape index (κ2) is 19.6. The first kappa shape index (κ1) is 34.5. The minimum Gasteiger partial charge on any atom is -0.481 e. The zero-order chi connectivity index (χ0) is 27.5. The number of aliphatic carboxylic acids is 2. The second-order valence-corrected chi connectivity index (χ2v) is 12.4. The highest BCUT2D eigenvalue weighted by Gasteiger charge is 2.14. The monoisotopic (exact) mass is 556 g/mol. The maximum absolute atomic E-state index is 11.4. The molecule has 0 heterocycles. The third kappa shape index (κ3) is 24.2. The maximum Gasteiger partial charge on any atom is 0.307 e. The fourth-order valence-corrected chi connectivity index (χ4v) is 4.70. The SMILES string of the molecule is CS(=O)(=O)OCCCCCCCC/C(CC(=O)O)=C(/CCCCCCCCOS(C)(=O)=O)CC(=O)O. The predicted molar refractivity (Wildman–Crippen MR) is 138 cm³/mol. The van der Waals surface area contributed by atoms with Crippen molar-refractivity contribution in [3.8, 4) is 0 Å². The summed E-state index contributed by atoms with van der Waals surface area (Å²) in [5.41, 5.74) is 1.42. The predicted octanol–water partition coefficient (Wildman–Crippen LogP) is 4.65. The van der Waals surface area contributed by atoms with Crippen LogP contribution in [0.2, 0.25) is 0 Å². The van der Waals surface area contributed by atoms with E-state index in [0.717, 1.165) is 76.7 Å². The fraction of sp³-hybridized carbons (Fsp3) is 0.833. The van der Waals surface area contributed by atoms with Crippen LogP contribution < -0.4 is 0 Å². The molecule has 0 aliphatic heterocycles. The van der Waals surface area contributed by atoms with E-state index >= 15 is 0 Å². The van der Waals surface area contributed by atoms with Gasteiger partial charge in [0, 0.05) is 0 Å². The molecule has 0 amide bonds. The van der Waals surface area contributed by atoms with E-state index in [0.29, 0.717) is 36.8 Å². The van der Waals surface area contributed by atoms with Crippen LogP contribution in [0.4, 0.5) is 0 Å². The van der Waals surface area contributed by atoms with E-state index in [1.54, 1.807) is 0 Å². The van der Waals surface area contributed by atoms with Gasteiger partial charge in [-0.2, -0.15) is 16.8 Å². The van der Waals surface area contributed by atoms with E-state index < -0.39 is 32.2 Å². The van der Waals surface area contributed by atoms with Gasteiger partial charge in [-0.05, 0) is 38.5 Å². The standard InChI is InChI=1S/C24H44O10S2/c1-35(29,30)33-17-13-9-5-3-7-11-15-21(19-23(25)26)22(20-24(27)28)16-12-8-4-6-10-14-18-34-36(2,31)32/h3-20H2,1-2H3,(H,25,26)(H,27,28)/b22-21+. The number of unbranched alkanes of at least 4 members (excludes halogenated alkanes) is 10. The van der Waals surface area contributed by atoms with Gasteiger partial charge in [0.05, 0.1) is 38.6 Å². The van der Waals surface area contributed by atoms with E-state index in [1.807, 2.05) is 0 Å². The molecule has 0 atom stereocenters. The Balaban J connectivity index is 4.45. The van der Waals surface area contributed by atoms with E-state index in [9.17, 15) is 36.6 Å². The van der Waals surface area contributed by atoms with Crippen LogP contribution in [0, 0.1) is 0 Å². The van der Waals surface area contributed by atoms with Gasteiger partial charge in [-0.3, -0.25) is 18.0 Å². The van der Waals surface area contributed by atoms with Crippen molar-refractivity contribution in [2.75, 3.05) is 25.7 Å². The summed E-state index contributed by atoms with van der Waals surface area (Å²) in [5, 5.41) is 18.7. The molecule has 0 unspecified atom stereocenters. The van der Waals surface area contributed by atoms with E-state index in [1.165, 1.54) is 0 Å². The van der Waals surface area contributed by atoms with E-state index in [-0.39, 0.29) is 26.1 Å². The van der Waals surface area contributed by atoms with Gasteiger partial charge in [0.25, 0.3) is 20.2 Å². The number of carbonyl (C=O) groups is 2. The van der Waals surface area contributed by atoms with Crippen LogP contribution in [-0.2, 0) is 38.2 Å². The molecule has 0 bridgehead atoms. The zero-order valence-corrected chi connectivity index (χ0v) is 23.3. The molecule has 0 spiro atoms. The summed E-state index contributed by atoms with van der Waals surface area (Å²) in [6.45, 7) is 0.362. The fourth-order valence-electron chi connectivity index (χ4n) is 3.86. The van der Waals surface area contributed by atoms with Crippen molar-refractivity contribution >= 4 is 32.2 Å². The number of carboxylic acid groups (broad SMARTS) is 2. The summed E-state index contributed by atoms with van der Waals surface area (Å²) < 4.78 is 53.1. The van der Waals surface area contributed by atoms with Gasteiger partial charge < -0.3 is 10.2 Å². The van der Waals surface area contributed by atoms with Crippen LogP contribution in [0.5, 0.6) is 0 Å². The highest BCUT2D eigenvalue weighted by atomic mass is 32.2. The van der Waals surface area contributed by atoms with Gasteiger partial charge in [0.15, 0.2) is 0 Å². The van der Waals surface area contributed by atoms with Crippen LogP contribution in [-0.4, -0.2) is 64.7 Å².